The van der Waals surface area contributed by atoms with Gasteiger partial charge in [0.25, 0.3) is 0 Å². The van der Waals surface area contributed by atoms with Gasteiger partial charge in [-0.05, 0) is 28.3 Å². The SMILES string of the molecule is N#CC1=Cc2ccccc2[C@H](Cl)c2ccccc21. The van der Waals surface area contributed by atoms with E-state index in [1.165, 1.54) is 0 Å². The van der Waals surface area contributed by atoms with Crippen LogP contribution in [0.25, 0.3) is 11.6 Å². The van der Waals surface area contributed by atoms with Gasteiger partial charge in [0.1, 0.15) is 0 Å². The standard InChI is InChI=1S/C16H10ClN/c17-16-14-7-2-1-5-11(14)9-12(10-18)13-6-3-4-8-15(13)16/h1-9,16H/t16-/m0/s1. The predicted octanol–water partition coefficient (Wildman–Crippen LogP) is 4.39. The lowest BCUT2D eigenvalue weighted by atomic mass is 9.98. The first-order chi connectivity index (χ1) is 8.81. The number of rotatable bonds is 0. The molecular weight excluding hydrogens is 242 g/mol. The van der Waals surface area contributed by atoms with E-state index in [0.29, 0.717) is 5.57 Å². The van der Waals surface area contributed by atoms with Gasteiger partial charge >= 0.3 is 0 Å². The third-order valence-corrected chi connectivity index (χ3v) is 3.68. The quantitative estimate of drug-likeness (QED) is 0.637. The van der Waals surface area contributed by atoms with Gasteiger partial charge in [-0.3, -0.25) is 0 Å². The van der Waals surface area contributed by atoms with Crippen LogP contribution < -0.4 is 0 Å². The smallest absolute Gasteiger partial charge is 0.0998 e. The van der Waals surface area contributed by atoms with Gasteiger partial charge in [0.15, 0.2) is 0 Å². The Labute approximate surface area is 111 Å². The molecular formula is C16H10ClN. The van der Waals surface area contributed by atoms with Crippen LogP contribution in [0.3, 0.4) is 0 Å². The minimum atomic E-state index is -0.209. The van der Waals surface area contributed by atoms with Crippen LogP contribution in [0.5, 0.6) is 0 Å². The monoisotopic (exact) mass is 251 g/mol. The molecule has 0 spiro atoms. The number of halogens is 1. The highest BCUT2D eigenvalue weighted by atomic mass is 35.5. The van der Waals surface area contributed by atoms with Crippen molar-refractivity contribution in [2.75, 3.05) is 0 Å². The summed E-state index contributed by atoms with van der Waals surface area (Å²) in [5.41, 5.74) is 4.66. The molecule has 1 atom stereocenters. The third kappa shape index (κ3) is 1.63. The Bertz CT molecular complexity index is 679. The van der Waals surface area contributed by atoms with Crippen molar-refractivity contribution in [2.45, 2.75) is 5.38 Å². The van der Waals surface area contributed by atoms with Gasteiger partial charge in [-0.25, -0.2) is 0 Å². The largest absolute Gasteiger partial charge is 0.192 e. The van der Waals surface area contributed by atoms with E-state index in [1.54, 1.807) is 0 Å². The molecule has 0 saturated carbocycles. The summed E-state index contributed by atoms with van der Waals surface area (Å²) >= 11 is 6.56. The van der Waals surface area contributed by atoms with Crippen molar-refractivity contribution in [1.82, 2.24) is 0 Å². The molecule has 0 saturated heterocycles. The molecule has 2 heteroatoms. The van der Waals surface area contributed by atoms with E-state index in [-0.39, 0.29) is 5.38 Å². The number of fused-ring (bicyclic) bond motifs is 2. The van der Waals surface area contributed by atoms with Crippen molar-refractivity contribution >= 4 is 23.3 Å². The van der Waals surface area contributed by atoms with Gasteiger partial charge in [0, 0.05) is 0 Å². The normalized spacial score (nSPS) is 16.9. The Balaban J connectivity index is 2.35. The molecule has 3 rings (SSSR count). The molecule has 18 heavy (non-hydrogen) atoms. The van der Waals surface area contributed by atoms with Crippen LogP contribution in [-0.2, 0) is 0 Å². The Morgan fingerprint density at radius 1 is 0.944 bits per heavy atom. The zero-order valence-electron chi connectivity index (χ0n) is 9.60. The molecule has 0 aliphatic heterocycles. The number of hydrogen-bond donors (Lipinski definition) is 0. The molecule has 1 aliphatic rings. The lowest BCUT2D eigenvalue weighted by Gasteiger charge is -2.13. The number of nitriles is 1. The van der Waals surface area contributed by atoms with E-state index in [0.717, 1.165) is 22.3 Å². The fourth-order valence-corrected chi connectivity index (χ4v) is 2.72. The predicted molar refractivity (Wildman–Crippen MR) is 74.1 cm³/mol. The average molecular weight is 252 g/mol. The summed E-state index contributed by atoms with van der Waals surface area (Å²) in [6.45, 7) is 0. The lowest BCUT2D eigenvalue weighted by Crippen LogP contribution is -1.96. The minimum absolute atomic E-state index is 0.209. The second kappa shape index (κ2) is 4.33. The van der Waals surface area contributed by atoms with Crippen LogP contribution in [0, 0.1) is 11.3 Å². The highest BCUT2D eigenvalue weighted by Gasteiger charge is 2.21. The maximum absolute atomic E-state index is 9.31. The first-order valence-corrected chi connectivity index (χ1v) is 6.19. The van der Waals surface area contributed by atoms with Crippen molar-refractivity contribution < 1.29 is 0 Å². The van der Waals surface area contributed by atoms with Gasteiger partial charge < -0.3 is 0 Å². The van der Waals surface area contributed by atoms with Crippen molar-refractivity contribution in [1.29, 1.82) is 5.26 Å². The summed E-state index contributed by atoms with van der Waals surface area (Å²) in [4.78, 5) is 0. The second-order valence-electron chi connectivity index (χ2n) is 4.25. The van der Waals surface area contributed by atoms with E-state index in [4.69, 9.17) is 11.6 Å². The van der Waals surface area contributed by atoms with Crippen LogP contribution in [0.2, 0.25) is 0 Å². The number of benzene rings is 2. The summed E-state index contributed by atoms with van der Waals surface area (Å²) in [7, 11) is 0. The van der Waals surface area contributed by atoms with Gasteiger partial charge in [-0.1, -0.05) is 48.5 Å². The van der Waals surface area contributed by atoms with E-state index in [1.807, 2.05) is 54.6 Å². The van der Waals surface area contributed by atoms with Gasteiger partial charge in [0.2, 0.25) is 0 Å². The van der Waals surface area contributed by atoms with Crippen LogP contribution in [0.1, 0.15) is 27.6 Å². The molecule has 0 bridgehead atoms. The molecule has 0 amide bonds. The molecule has 2 aromatic carbocycles. The van der Waals surface area contributed by atoms with Crippen molar-refractivity contribution in [3.8, 4) is 6.07 Å². The molecule has 0 N–H and O–H groups in total. The van der Waals surface area contributed by atoms with Crippen molar-refractivity contribution in [3.05, 3.63) is 70.8 Å². The number of alkyl halides is 1. The van der Waals surface area contributed by atoms with E-state index in [2.05, 4.69) is 6.07 Å². The zero-order valence-corrected chi connectivity index (χ0v) is 10.4. The Hall–Kier alpha value is -2.04. The first-order valence-electron chi connectivity index (χ1n) is 5.75. The summed E-state index contributed by atoms with van der Waals surface area (Å²) < 4.78 is 0. The fraction of sp³-hybridized carbons (Fsp3) is 0.0625. The zero-order chi connectivity index (χ0) is 12.5. The fourth-order valence-electron chi connectivity index (χ4n) is 2.33. The topological polar surface area (TPSA) is 23.8 Å². The summed E-state index contributed by atoms with van der Waals surface area (Å²) in [6.07, 6.45) is 1.91. The van der Waals surface area contributed by atoms with Gasteiger partial charge in [-0.2, -0.15) is 5.26 Å². The van der Waals surface area contributed by atoms with Crippen LogP contribution >= 0.6 is 11.6 Å². The third-order valence-electron chi connectivity index (χ3n) is 3.21. The maximum atomic E-state index is 9.31. The molecule has 0 heterocycles. The number of nitrogens with zero attached hydrogens (tertiary/aromatic N) is 1. The molecule has 0 aromatic heterocycles. The first kappa shape index (κ1) is 11.1. The molecule has 0 unspecified atom stereocenters. The van der Waals surface area contributed by atoms with Gasteiger partial charge in [-0.15, -0.1) is 11.6 Å². The van der Waals surface area contributed by atoms with E-state index >= 15 is 0 Å². The number of allylic oxidation sites excluding steroid dienone is 1. The highest BCUT2D eigenvalue weighted by molar-refractivity contribution is 6.23. The van der Waals surface area contributed by atoms with E-state index < -0.39 is 0 Å². The average Bonchev–Trinajstić information content (AvgIpc) is 2.55. The summed E-state index contributed by atoms with van der Waals surface area (Å²) in [6, 6.07) is 18.0. The Kier molecular flexibility index (Phi) is 2.66. The van der Waals surface area contributed by atoms with Gasteiger partial charge in [0.05, 0.1) is 17.0 Å². The van der Waals surface area contributed by atoms with Crippen molar-refractivity contribution in [2.24, 2.45) is 0 Å². The molecule has 1 nitrogen and oxygen atoms in total. The summed E-state index contributed by atoms with van der Waals surface area (Å²) in [5, 5.41) is 9.10. The number of hydrogen-bond acceptors (Lipinski definition) is 1. The second-order valence-corrected chi connectivity index (χ2v) is 4.68. The molecule has 2 aromatic rings. The summed E-state index contributed by atoms with van der Waals surface area (Å²) in [5.74, 6) is 0. The molecule has 0 fully saturated rings. The van der Waals surface area contributed by atoms with Crippen LogP contribution in [-0.4, -0.2) is 0 Å². The van der Waals surface area contributed by atoms with Crippen molar-refractivity contribution in [3.63, 3.8) is 0 Å². The highest BCUT2D eigenvalue weighted by Crippen LogP contribution is 2.39. The Morgan fingerprint density at radius 2 is 1.61 bits per heavy atom. The Morgan fingerprint density at radius 3 is 2.39 bits per heavy atom. The lowest BCUT2D eigenvalue weighted by molar-refractivity contribution is 1.13. The molecule has 0 radical (unpaired) electrons. The molecule has 86 valence electrons. The van der Waals surface area contributed by atoms with Crippen LogP contribution in [0.15, 0.2) is 48.5 Å². The maximum Gasteiger partial charge on any atom is 0.0998 e. The van der Waals surface area contributed by atoms with Crippen LogP contribution in [0.4, 0.5) is 0 Å². The minimum Gasteiger partial charge on any atom is -0.192 e. The van der Waals surface area contributed by atoms with E-state index in [9.17, 15) is 5.26 Å². The molecule has 1 aliphatic carbocycles.